The molecule has 16 heavy (non-hydrogen) atoms. The molecule has 0 aromatic heterocycles. The van der Waals surface area contributed by atoms with Crippen molar-refractivity contribution in [1.82, 2.24) is 10.2 Å². The summed E-state index contributed by atoms with van der Waals surface area (Å²) >= 11 is 0. The van der Waals surface area contributed by atoms with E-state index in [1.54, 1.807) is 0 Å². The number of amides is 2. The molecule has 0 bridgehead atoms. The second kappa shape index (κ2) is 4.36. The van der Waals surface area contributed by atoms with Crippen molar-refractivity contribution in [3.05, 3.63) is 12.0 Å². The Labute approximate surface area is 91.3 Å². The van der Waals surface area contributed by atoms with Gasteiger partial charge in [-0.1, -0.05) is 0 Å². The molecule has 0 radical (unpaired) electrons. The van der Waals surface area contributed by atoms with Gasteiger partial charge in [-0.2, -0.15) is 0 Å². The summed E-state index contributed by atoms with van der Waals surface area (Å²) in [6.07, 6.45) is -1.10. The van der Waals surface area contributed by atoms with Crippen molar-refractivity contribution < 1.29 is 24.1 Å². The normalized spacial score (nSPS) is 34.9. The largest absolute Gasteiger partial charge is 0.394 e. The van der Waals surface area contributed by atoms with Gasteiger partial charge in [-0.3, -0.25) is 4.90 Å². The van der Waals surface area contributed by atoms with E-state index in [1.165, 1.54) is 0 Å². The fourth-order valence-corrected chi connectivity index (χ4v) is 1.77. The van der Waals surface area contributed by atoms with Gasteiger partial charge in [0.2, 0.25) is 0 Å². The molecule has 6 nitrogen and oxygen atoms in total. The van der Waals surface area contributed by atoms with Crippen LogP contribution in [0.5, 0.6) is 0 Å². The van der Waals surface area contributed by atoms with Crippen molar-refractivity contribution in [3.63, 3.8) is 0 Å². The van der Waals surface area contributed by atoms with Crippen molar-refractivity contribution in [2.24, 2.45) is 0 Å². The van der Waals surface area contributed by atoms with Crippen molar-refractivity contribution in [2.75, 3.05) is 13.2 Å². The monoisotopic (exact) mass is 232 g/mol. The van der Waals surface area contributed by atoms with E-state index in [9.17, 15) is 14.3 Å². The van der Waals surface area contributed by atoms with Gasteiger partial charge in [0.1, 0.15) is 18.2 Å². The lowest BCUT2D eigenvalue weighted by Gasteiger charge is -2.28. The summed E-state index contributed by atoms with van der Waals surface area (Å²) in [6, 6.07) is -0.475. The number of aliphatic hydroxyl groups is 2. The number of carbonyl (C=O) groups excluding carboxylic acids is 1. The lowest BCUT2D eigenvalue weighted by Crippen LogP contribution is -2.46. The second-order valence-corrected chi connectivity index (χ2v) is 3.76. The van der Waals surface area contributed by atoms with E-state index in [-0.39, 0.29) is 19.6 Å². The molecule has 1 saturated heterocycles. The highest BCUT2D eigenvalue weighted by Crippen LogP contribution is 2.25. The summed E-state index contributed by atoms with van der Waals surface area (Å²) in [5.74, 6) is -0.481. The van der Waals surface area contributed by atoms with Crippen LogP contribution in [0.3, 0.4) is 0 Å². The number of nitrogens with zero attached hydrogens (tertiary/aromatic N) is 1. The molecule has 2 aliphatic rings. The average Bonchev–Trinajstić information content (AvgIpc) is 2.63. The van der Waals surface area contributed by atoms with Gasteiger partial charge < -0.3 is 20.3 Å². The van der Waals surface area contributed by atoms with Crippen LogP contribution in [-0.4, -0.2) is 52.7 Å². The fraction of sp³-hybridized carbons (Fsp3) is 0.667. The Morgan fingerprint density at radius 2 is 2.44 bits per heavy atom. The number of halogens is 1. The number of hydrogen-bond acceptors (Lipinski definition) is 4. The molecule has 1 unspecified atom stereocenters. The van der Waals surface area contributed by atoms with Gasteiger partial charge in [0.05, 0.1) is 19.3 Å². The van der Waals surface area contributed by atoms with Gasteiger partial charge in [-0.05, 0) is 0 Å². The van der Waals surface area contributed by atoms with Crippen molar-refractivity contribution in [1.29, 1.82) is 0 Å². The zero-order valence-electron chi connectivity index (χ0n) is 8.47. The molecule has 3 N–H and O–H groups in total. The smallest absolute Gasteiger partial charge is 0.323 e. The highest BCUT2D eigenvalue weighted by atomic mass is 19.1. The molecule has 0 spiro atoms. The molecule has 7 heteroatoms. The van der Waals surface area contributed by atoms with Gasteiger partial charge in [0.15, 0.2) is 0 Å². The first-order valence-corrected chi connectivity index (χ1v) is 4.98. The topological polar surface area (TPSA) is 82.0 Å². The molecule has 2 aliphatic heterocycles. The first-order chi connectivity index (χ1) is 7.61. The van der Waals surface area contributed by atoms with E-state index in [4.69, 9.17) is 9.84 Å². The Hall–Kier alpha value is -1.18. The van der Waals surface area contributed by atoms with Crippen LogP contribution in [0.1, 0.15) is 6.42 Å². The van der Waals surface area contributed by atoms with Crippen LogP contribution >= 0.6 is 0 Å². The van der Waals surface area contributed by atoms with Gasteiger partial charge in [-0.15, -0.1) is 0 Å². The maximum absolute atomic E-state index is 13.0. The number of hydrogen-bond donors (Lipinski definition) is 3. The van der Waals surface area contributed by atoms with Gasteiger partial charge in [-0.25, -0.2) is 9.18 Å². The summed E-state index contributed by atoms with van der Waals surface area (Å²) in [4.78, 5) is 12.5. The number of urea groups is 1. The Kier molecular flexibility index (Phi) is 3.08. The van der Waals surface area contributed by atoms with Crippen LogP contribution in [-0.2, 0) is 4.74 Å². The van der Waals surface area contributed by atoms with Crippen molar-refractivity contribution >= 4 is 6.03 Å². The Bertz CT molecular complexity index is 323. The minimum Gasteiger partial charge on any atom is -0.394 e. The van der Waals surface area contributed by atoms with Gasteiger partial charge in [0.25, 0.3) is 0 Å². The molecule has 90 valence electrons. The van der Waals surface area contributed by atoms with Crippen LogP contribution < -0.4 is 5.32 Å². The molecule has 1 fully saturated rings. The summed E-state index contributed by atoms with van der Waals surface area (Å²) in [5.41, 5.74) is 0. The summed E-state index contributed by atoms with van der Waals surface area (Å²) in [7, 11) is 0. The van der Waals surface area contributed by atoms with E-state index in [0.29, 0.717) is 0 Å². The van der Waals surface area contributed by atoms with Gasteiger partial charge in [0, 0.05) is 12.6 Å². The highest BCUT2D eigenvalue weighted by Gasteiger charge is 2.39. The summed E-state index contributed by atoms with van der Waals surface area (Å²) in [6.45, 7) is -0.465. The van der Waals surface area contributed by atoms with Gasteiger partial charge >= 0.3 is 6.03 Å². The lowest BCUT2D eigenvalue weighted by molar-refractivity contribution is -0.0544. The molecule has 0 aromatic rings. The molecular weight excluding hydrogens is 219 g/mol. The lowest BCUT2D eigenvalue weighted by atomic mass is 10.2. The standard InChI is InChI=1S/C9H13FN2O4/c10-5-2-11-9(15)12(3-5)8-1-6(14)7(4-13)16-8/h3,6-8,13-14H,1-2,4H2,(H,11,15)/t6?,7-,8-/m1/s1. The zero-order chi connectivity index (χ0) is 11.7. The zero-order valence-corrected chi connectivity index (χ0v) is 8.47. The number of carbonyl (C=O) groups is 1. The first kappa shape index (κ1) is 11.3. The van der Waals surface area contributed by atoms with E-state index in [0.717, 1.165) is 11.1 Å². The third kappa shape index (κ3) is 2.01. The van der Waals surface area contributed by atoms with Crippen LogP contribution in [0.15, 0.2) is 12.0 Å². The summed E-state index contributed by atoms with van der Waals surface area (Å²) in [5, 5.41) is 20.7. The predicted molar refractivity (Wildman–Crippen MR) is 50.8 cm³/mol. The SMILES string of the molecule is O=C1NCC(F)=CN1[C@H]1CC(O)[C@@H](CO)O1. The Morgan fingerprint density at radius 1 is 1.69 bits per heavy atom. The molecule has 0 saturated carbocycles. The Morgan fingerprint density at radius 3 is 3.06 bits per heavy atom. The number of aliphatic hydroxyl groups excluding tert-OH is 2. The van der Waals surface area contributed by atoms with Crippen LogP contribution in [0.2, 0.25) is 0 Å². The third-order valence-electron chi connectivity index (χ3n) is 2.62. The predicted octanol–water partition coefficient (Wildman–Crippen LogP) is -0.709. The summed E-state index contributed by atoms with van der Waals surface area (Å²) < 4.78 is 18.2. The molecule has 3 atom stereocenters. The second-order valence-electron chi connectivity index (χ2n) is 3.76. The first-order valence-electron chi connectivity index (χ1n) is 4.98. The Balaban J connectivity index is 2.08. The number of ether oxygens (including phenoxy) is 1. The van der Waals surface area contributed by atoms with Crippen molar-refractivity contribution in [2.45, 2.75) is 24.9 Å². The maximum atomic E-state index is 13.0. The fourth-order valence-electron chi connectivity index (χ4n) is 1.77. The highest BCUT2D eigenvalue weighted by molar-refractivity contribution is 5.77. The van der Waals surface area contributed by atoms with E-state index in [2.05, 4.69) is 5.32 Å². The molecule has 2 amide bonds. The molecular formula is C9H13FN2O4. The average molecular weight is 232 g/mol. The molecule has 0 aromatic carbocycles. The molecule has 2 rings (SSSR count). The minimum atomic E-state index is -0.846. The number of rotatable bonds is 2. The number of nitrogens with one attached hydrogen (secondary N) is 1. The third-order valence-corrected chi connectivity index (χ3v) is 2.62. The quantitative estimate of drug-likeness (QED) is 0.587. The van der Waals surface area contributed by atoms with Crippen molar-refractivity contribution in [3.8, 4) is 0 Å². The van der Waals surface area contributed by atoms with Crippen LogP contribution in [0.25, 0.3) is 0 Å². The van der Waals surface area contributed by atoms with Crippen LogP contribution in [0.4, 0.5) is 9.18 Å². The van der Waals surface area contributed by atoms with E-state index >= 15 is 0 Å². The maximum Gasteiger partial charge on any atom is 0.323 e. The minimum absolute atomic E-state index is 0.131. The molecule has 0 aliphatic carbocycles. The van der Waals surface area contributed by atoms with Crippen LogP contribution in [0, 0.1) is 0 Å². The van der Waals surface area contributed by atoms with E-state index in [1.807, 2.05) is 0 Å². The van der Waals surface area contributed by atoms with E-state index < -0.39 is 30.3 Å². The molecule has 2 heterocycles.